The molecule has 0 aromatic carbocycles. The van der Waals surface area contributed by atoms with Gasteiger partial charge in [-0.2, -0.15) is 0 Å². The van der Waals surface area contributed by atoms with Crippen LogP contribution in [0.4, 0.5) is 0 Å². The van der Waals surface area contributed by atoms with Crippen molar-refractivity contribution in [3.8, 4) is 0 Å². The van der Waals surface area contributed by atoms with Gasteiger partial charge >= 0.3 is 5.97 Å². The predicted octanol–water partition coefficient (Wildman–Crippen LogP) is 0.358. The van der Waals surface area contributed by atoms with Crippen LogP contribution in [0.25, 0.3) is 0 Å². The number of methoxy groups -OCH3 is 1. The van der Waals surface area contributed by atoms with E-state index in [9.17, 15) is 9.59 Å². The summed E-state index contributed by atoms with van der Waals surface area (Å²) < 4.78 is 4.60. The number of hydrogen-bond acceptors (Lipinski definition) is 5. The topological polar surface area (TPSA) is 72.4 Å². The van der Waals surface area contributed by atoms with E-state index in [1.807, 2.05) is 0 Å². The molecule has 1 rings (SSSR count). The summed E-state index contributed by atoms with van der Waals surface area (Å²) in [6, 6.07) is 0. The zero-order valence-electron chi connectivity index (χ0n) is 10.1. The van der Waals surface area contributed by atoms with Crippen molar-refractivity contribution in [3.05, 3.63) is 24.3 Å². The van der Waals surface area contributed by atoms with E-state index in [0.29, 0.717) is 12.1 Å². The first-order valence-electron chi connectivity index (χ1n) is 5.14. The minimum atomic E-state index is -0.362. The molecule has 1 unspecified atom stereocenters. The highest BCUT2D eigenvalue weighted by molar-refractivity contribution is 5.93. The van der Waals surface area contributed by atoms with Crippen LogP contribution in [-0.4, -0.2) is 47.4 Å². The van der Waals surface area contributed by atoms with Crippen LogP contribution in [0, 0.1) is 5.92 Å². The third-order valence-electron chi connectivity index (χ3n) is 2.31. The summed E-state index contributed by atoms with van der Waals surface area (Å²) in [6.07, 6.45) is 4.23. The molecule has 0 spiro atoms. The first kappa shape index (κ1) is 13.1. The number of aromatic nitrogens is 2. The Kier molecular flexibility index (Phi) is 4.56. The molecule has 1 amide bonds. The van der Waals surface area contributed by atoms with Gasteiger partial charge in [-0.1, -0.05) is 6.92 Å². The summed E-state index contributed by atoms with van der Waals surface area (Å²) in [5, 5.41) is 0. The van der Waals surface area contributed by atoms with E-state index in [-0.39, 0.29) is 17.8 Å². The SMILES string of the molecule is COC(=O)C(C)CN(C)C(=O)c1cncnc1. The molecule has 92 valence electrons. The molecule has 1 atom stereocenters. The van der Waals surface area contributed by atoms with Gasteiger partial charge in [0.2, 0.25) is 0 Å². The highest BCUT2D eigenvalue weighted by atomic mass is 16.5. The minimum absolute atomic E-state index is 0.221. The van der Waals surface area contributed by atoms with Gasteiger partial charge in [-0.25, -0.2) is 9.97 Å². The number of nitrogens with zero attached hydrogens (tertiary/aromatic N) is 3. The Morgan fingerprint density at radius 1 is 1.41 bits per heavy atom. The average Bonchev–Trinajstić information content (AvgIpc) is 2.37. The lowest BCUT2D eigenvalue weighted by Crippen LogP contribution is -2.34. The molecule has 1 aromatic heterocycles. The van der Waals surface area contributed by atoms with Gasteiger partial charge in [0.25, 0.3) is 5.91 Å². The van der Waals surface area contributed by atoms with E-state index in [4.69, 9.17) is 0 Å². The Hall–Kier alpha value is -1.98. The van der Waals surface area contributed by atoms with Crippen LogP contribution in [-0.2, 0) is 9.53 Å². The van der Waals surface area contributed by atoms with Crippen LogP contribution in [0.3, 0.4) is 0 Å². The fraction of sp³-hybridized carbons (Fsp3) is 0.455. The maximum absolute atomic E-state index is 11.9. The number of rotatable bonds is 4. The zero-order valence-corrected chi connectivity index (χ0v) is 10.1. The van der Waals surface area contributed by atoms with E-state index >= 15 is 0 Å². The highest BCUT2D eigenvalue weighted by Gasteiger charge is 2.19. The van der Waals surface area contributed by atoms with Crippen LogP contribution in [0.5, 0.6) is 0 Å². The van der Waals surface area contributed by atoms with Crippen LogP contribution >= 0.6 is 0 Å². The molecule has 0 saturated heterocycles. The van der Waals surface area contributed by atoms with Crippen molar-refractivity contribution in [3.63, 3.8) is 0 Å². The molecule has 1 heterocycles. The van der Waals surface area contributed by atoms with Crippen molar-refractivity contribution in [2.45, 2.75) is 6.92 Å². The van der Waals surface area contributed by atoms with Gasteiger partial charge in [0.1, 0.15) is 6.33 Å². The summed E-state index contributed by atoms with van der Waals surface area (Å²) >= 11 is 0. The normalized spacial score (nSPS) is 11.7. The fourth-order valence-electron chi connectivity index (χ4n) is 1.40. The van der Waals surface area contributed by atoms with E-state index < -0.39 is 0 Å². The summed E-state index contributed by atoms with van der Waals surface area (Å²) in [4.78, 5) is 32.1. The molecule has 17 heavy (non-hydrogen) atoms. The van der Waals surface area contributed by atoms with E-state index in [1.54, 1.807) is 14.0 Å². The standard InChI is InChI=1S/C11H15N3O3/c1-8(11(16)17-3)6-14(2)10(15)9-4-12-7-13-5-9/h4-5,7-8H,6H2,1-3H3. The number of esters is 1. The maximum Gasteiger partial charge on any atom is 0.310 e. The molecule has 0 radical (unpaired) electrons. The van der Waals surface area contributed by atoms with Crippen LogP contribution in [0.2, 0.25) is 0 Å². The lowest BCUT2D eigenvalue weighted by Gasteiger charge is -2.19. The van der Waals surface area contributed by atoms with Gasteiger partial charge in [0, 0.05) is 26.0 Å². The fourth-order valence-corrected chi connectivity index (χ4v) is 1.40. The number of hydrogen-bond donors (Lipinski definition) is 0. The van der Waals surface area contributed by atoms with E-state index in [1.165, 1.54) is 30.7 Å². The van der Waals surface area contributed by atoms with Crippen LogP contribution in [0.15, 0.2) is 18.7 Å². The number of ether oxygens (including phenoxy) is 1. The van der Waals surface area contributed by atoms with E-state index in [0.717, 1.165) is 0 Å². The van der Waals surface area contributed by atoms with Gasteiger partial charge in [-0.15, -0.1) is 0 Å². The third-order valence-corrected chi connectivity index (χ3v) is 2.31. The summed E-state index contributed by atoms with van der Waals surface area (Å²) in [5.41, 5.74) is 0.395. The molecule has 0 N–H and O–H groups in total. The Bertz CT molecular complexity index is 394. The molecule has 1 aromatic rings. The van der Waals surface area contributed by atoms with Crippen molar-refractivity contribution in [1.29, 1.82) is 0 Å². The Balaban J connectivity index is 2.62. The maximum atomic E-state index is 11.9. The smallest absolute Gasteiger partial charge is 0.310 e. The zero-order chi connectivity index (χ0) is 12.8. The second-order valence-electron chi connectivity index (χ2n) is 3.74. The first-order chi connectivity index (χ1) is 8.06. The summed E-state index contributed by atoms with van der Waals surface area (Å²) in [7, 11) is 2.94. The molecular formula is C11H15N3O3. The number of amides is 1. The first-order valence-corrected chi connectivity index (χ1v) is 5.14. The Labute approximate surface area is 99.6 Å². The number of carbonyl (C=O) groups is 2. The Morgan fingerprint density at radius 2 is 2.00 bits per heavy atom. The molecule has 0 aliphatic heterocycles. The van der Waals surface area contributed by atoms with Gasteiger partial charge in [-0.3, -0.25) is 9.59 Å². The molecule has 6 nitrogen and oxygen atoms in total. The van der Waals surface area contributed by atoms with Gasteiger partial charge < -0.3 is 9.64 Å². The monoisotopic (exact) mass is 237 g/mol. The van der Waals surface area contributed by atoms with Crippen molar-refractivity contribution >= 4 is 11.9 Å². The second-order valence-corrected chi connectivity index (χ2v) is 3.74. The Morgan fingerprint density at radius 3 is 2.53 bits per heavy atom. The lowest BCUT2D eigenvalue weighted by atomic mass is 10.1. The minimum Gasteiger partial charge on any atom is -0.469 e. The van der Waals surface area contributed by atoms with Crippen LogP contribution < -0.4 is 0 Å². The summed E-state index contributed by atoms with van der Waals surface area (Å²) in [5.74, 6) is -0.922. The molecule has 0 bridgehead atoms. The van der Waals surface area contributed by atoms with E-state index in [2.05, 4.69) is 14.7 Å². The van der Waals surface area contributed by atoms with Crippen molar-refractivity contribution in [1.82, 2.24) is 14.9 Å². The lowest BCUT2D eigenvalue weighted by molar-refractivity contribution is -0.145. The second kappa shape index (κ2) is 5.93. The van der Waals surface area contributed by atoms with Crippen LogP contribution in [0.1, 0.15) is 17.3 Å². The van der Waals surface area contributed by atoms with Crippen molar-refractivity contribution in [2.75, 3.05) is 20.7 Å². The van der Waals surface area contributed by atoms with Gasteiger partial charge in [0.05, 0.1) is 18.6 Å². The molecular weight excluding hydrogens is 222 g/mol. The van der Waals surface area contributed by atoms with Crippen molar-refractivity contribution < 1.29 is 14.3 Å². The highest BCUT2D eigenvalue weighted by Crippen LogP contribution is 2.05. The third kappa shape index (κ3) is 3.51. The summed E-state index contributed by atoms with van der Waals surface area (Å²) in [6.45, 7) is 2.00. The molecule has 0 fully saturated rings. The average molecular weight is 237 g/mol. The molecule has 0 aliphatic rings. The number of carbonyl (C=O) groups excluding carboxylic acids is 2. The predicted molar refractivity (Wildman–Crippen MR) is 60.2 cm³/mol. The molecule has 6 heteroatoms. The molecule has 0 aliphatic carbocycles. The van der Waals surface area contributed by atoms with Gasteiger partial charge in [-0.05, 0) is 0 Å². The van der Waals surface area contributed by atoms with Crippen molar-refractivity contribution in [2.24, 2.45) is 5.92 Å². The van der Waals surface area contributed by atoms with Gasteiger partial charge in [0.15, 0.2) is 0 Å². The molecule has 0 saturated carbocycles. The quantitative estimate of drug-likeness (QED) is 0.707. The largest absolute Gasteiger partial charge is 0.469 e.